The highest BCUT2D eigenvalue weighted by Gasteiger charge is 2.02. The molecule has 0 aliphatic rings. The zero-order chi connectivity index (χ0) is 14.5. The molecule has 0 radical (unpaired) electrons. The molecule has 2 aromatic carbocycles. The Bertz CT molecular complexity index is 524. The molecule has 0 amide bonds. The van der Waals surface area contributed by atoms with E-state index in [0.717, 1.165) is 22.5 Å². The van der Waals surface area contributed by atoms with Gasteiger partial charge in [-0.1, -0.05) is 88.0 Å². The van der Waals surface area contributed by atoms with Gasteiger partial charge in [-0.3, -0.25) is 0 Å². The van der Waals surface area contributed by atoms with Crippen molar-refractivity contribution in [2.45, 2.75) is 7.47 Å². The molecule has 0 aliphatic heterocycles. The molecular formula is C14H10Br4N2. The molecule has 0 atom stereocenters. The first-order chi connectivity index (χ1) is 9.56. The zero-order valence-corrected chi connectivity index (χ0v) is 16.5. The van der Waals surface area contributed by atoms with E-state index >= 15 is 0 Å². The largest absolute Gasteiger partial charge is 0.151 e. The van der Waals surface area contributed by atoms with Crippen LogP contribution in [0.15, 0.2) is 58.8 Å². The monoisotopic (exact) mass is 522 g/mol. The van der Waals surface area contributed by atoms with Gasteiger partial charge >= 0.3 is 0 Å². The molecule has 2 aromatic rings. The lowest BCUT2D eigenvalue weighted by Crippen LogP contribution is -1.78. The third kappa shape index (κ3) is 4.76. The number of rotatable bonds is 4. The van der Waals surface area contributed by atoms with Gasteiger partial charge in [0.25, 0.3) is 0 Å². The summed E-state index contributed by atoms with van der Waals surface area (Å²) in [6.45, 7) is 0. The van der Waals surface area contributed by atoms with Gasteiger partial charge in [0.05, 0.1) is 18.8 Å². The molecule has 0 aromatic heterocycles. The molecule has 0 spiro atoms. The van der Waals surface area contributed by atoms with Crippen LogP contribution < -0.4 is 0 Å². The summed E-state index contributed by atoms with van der Waals surface area (Å²) in [7, 11) is 0. The molecule has 0 bridgehead atoms. The van der Waals surface area contributed by atoms with Crippen LogP contribution in [0.4, 0.5) is 11.4 Å². The molecule has 6 heteroatoms. The van der Waals surface area contributed by atoms with E-state index in [2.05, 4.69) is 73.9 Å². The molecule has 0 fully saturated rings. The molecule has 0 saturated carbocycles. The van der Waals surface area contributed by atoms with Crippen LogP contribution in [0.1, 0.15) is 18.6 Å². The second-order valence-electron chi connectivity index (χ2n) is 3.98. The van der Waals surface area contributed by atoms with Gasteiger partial charge < -0.3 is 0 Å². The fraction of sp³-hybridized carbons (Fsp3) is 0.143. The maximum Gasteiger partial charge on any atom is 0.0946 e. The van der Waals surface area contributed by atoms with Crippen LogP contribution in [0.2, 0.25) is 0 Å². The number of hydrogen-bond donors (Lipinski definition) is 0. The normalized spacial score (nSPS) is 11.7. The van der Waals surface area contributed by atoms with Crippen LogP contribution >= 0.6 is 63.7 Å². The summed E-state index contributed by atoms with van der Waals surface area (Å²) < 4.78 is 0.324. The Morgan fingerprint density at radius 3 is 1.10 bits per heavy atom. The van der Waals surface area contributed by atoms with E-state index in [1.165, 1.54) is 0 Å². The van der Waals surface area contributed by atoms with Gasteiger partial charge in [-0.15, -0.1) is 0 Å². The number of azo groups is 1. The molecule has 2 nitrogen and oxygen atoms in total. The van der Waals surface area contributed by atoms with E-state index < -0.39 is 0 Å². The highest BCUT2D eigenvalue weighted by atomic mass is 79.9. The van der Waals surface area contributed by atoms with Gasteiger partial charge in [-0.05, 0) is 35.4 Å². The molecule has 104 valence electrons. The first-order valence-electron chi connectivity index (χ1n) is 5.74. The van der Waals surface area contributed by atoms with Gasteiger partial charge in [-0.25, -0.2) is 0 Å². The van der Waals surface area contributed by atoms with Gasteiger partial charge in [0.15, 0.2) is 0 Å². The summed E-state index contributed by atoms with van der Waals surface area (Å²) in [6, 6.07) is 15.8. The molecular weight excluding hydrogens is 516 g/mol. The first kappa shape index (κ1) is 16.3. The highest BCUT2D eigenvalue weighted by molar-refractivity contribution is 9.24. The third-order valence-corrected chi connectivity index (χ3v) is 4.69. The fourth-order valence-corrected chi connectivity index (χ4v) is 2.71. The molecule has 0 N–H and O–H groups in total. The lowest BCUT2D eigenvalue weighted by molar-refractivity contribution is 1.22. The number of halogens is 4. The number of alkyl halides is 4. The summed E-state index contributed by atoms with van der Waals surface area (Å²) in [5.74, 6) is 0. The summed E-state index contributed by atoms with van der Waals surface area (Å²) >= 11 is 13.8. The average molecular weight is 526 g/mol. The SMILES string of the molecule is BrC(Br)c1ccc(N=Nc2ccc(C(Br)Br)cc2)cc1. The highest BCUT2D eigenvalue weighted by Crippen LogP contribution is 2.31. The zero-order valence-electron chi connectivity index (χ0n) is 10.2. The molecule has 20 heavy (non-hydrogen) atoms. The maximum atomic E-state index is 4.22. The predicted molar refractivity (Wildman–Crippen MR) is 98.2 cm³/mol. The summed E-state index contributed by atoms with van der Waals surface area (Å²) in [5, 5.41) is 8.44. The van der Waals surface area contributed by atoms with Crippen LogP contribution in [-0.4, -0.2) is 0 Å². The Balaban J connectivity index is 2.08. The Morgan fingerprint density at radius 2 is 0.850 bits per heavy atom. The van der Waals surface area contributed by atoms with Crippen LogP contribution in [0.5, 0.6) is 0 Å². The average Bonchev–Trinajstić information content (AvgIpc) is 2.46. The van der Waals surface area contributed by atoms with Crippen molar-refractivity contribution in [2.24, 2.45) is 10.2 Å². The van der Waals surface area contributed by atoms with Crippen molar-refractivity contribution in [1.29, 1.82) is 0 Å². The summed E-state index contributed by atoms with van der Waals surface area (Å²) in [4.78, 5) is 0. The van der Waals surface area contributed by atoms with E-state index in [-0.39, 0.29) is 7.47 Å². The van der Waals surface area contributed by atoms with Gasteiger partial charge in [-0.2, -0.15) is 10.2 Å². The predicted octanol–water partition coefficient (Wildman–Crippen LogP) is 7.68. The Labute approximate surface area is 151 Å². The third-order valence-electron chi connectivity index (χ3n) is 2.57. The van der Waals surface area contributed by atoms with Crippen LogP contribution in [0.25, 0.3) is 0 Å². The molecule has 0 unspecified atom stereocenters. The smallest absolute Gasteiger partial charge is 0.0946 e. The fourth-order valence-electron chi connectivity index (χ4n) is 1.49. The first-order valence-corrected chi connectivity index (χ1v) is 9.40. The Kier molecular flexibility index (Phi) is 6.39. The second-order valence-corrected chi connectivity index (χ2v) is 10.1. The van der Waals surface area contributed by atoms with E-state index in [9.17, 15) is 0 Å². The number of hydrogen-bond acceptors (Lipinski definition) is 2. The van der Waals surface area contributed by atoms with Crippen molar-refractivity contribution in [2.75, 3.05) is 0 Å². The van der Waals surface area contributed by atoms with Crippen molar-refractivity contribution < 1.29 is 0 Å². The van der Waals surface area contributed by atoms with E-state index in [1.807, 2.05) is 48.5 Å². The Hall–Kier alpha value is -0.0400. The minimum atomic E-state index is 0.162. The van der Waals surface area contributed by atoms with E-state index in [1.54, 1.807) is 0 Å². The minimum Gasteiger partial charge on any atom is -0.151 e. The standard InChI is InChI=1S/C14H10Br4N2/c15-13(16)9-1-5-11(6-2-9)19-20-12-7-3-10(4-8-12)14(17)18/h1-8,13-14H. The van der Waals surface area contributed by atoms with Crippen molar-refractivity contribution in [3.63, 3.8) is 0 Å². The van der Waals surface area contributed by atoms with Crippen LogP contribution in [-0.2, 0) is 0 Å². The maximum absolute atomic E-state index is 4.22. The minimum absolute atomic E-state index is 0.162. The van der Waals surface area contributed by atoms with Gasteiger partial charge in [0.2, 0.25) is 0 Å². The van der Waals surface area contributed by atoms with Crippen LogP contribution in [0, 0.1) is 0 Å². The molecule has 0 saturated heterocycles. The number of nitrogens with zero attached hydrogens (tertiary/aromatic N) is 2. The van der Waals surface area contributed by atoms with E-state index in [4.69, 9.17) is 0 Å². The lowest BCUT2D eigenvalue weighted by atomic mass is 10.2. The molecule has 0 heterocycles. The van der Waals surface area contributed by atoms with Gasteiger partial charge in [0, 0.05) is 0 Å². The Morgan fingerprint density at radius 1 is 0.550 bits per heavy atom. The van der Waals surface area contributed by atoms with Crippen molar-refractivity contribution in [3.05, 3.63) is 59.7 Å². The lowest BCUT2D eigenvalue weighted by Gasteiger charge is -2.02. The quantitative estimate of drug-likeness (QED) is 0.289. The summed E-state index contributed by atoms with van der Waals surface area (Å²) in [6.07, 6.45) is 0. The second kappa shape index (κ2) is 7.82. The number of benzene rings is 2. The summed E-state index contributed by atoms with van der Waals surface area (Å²) in [5.41, 5.74) is 3.96. The van der Waals surface area contributed by atoms with Crippen molar-refractivity contribution >= 4 is 75.1 Å². The van der Waals surface area contributed by atoms with E-state index in [0.29, 0.717) is 0 Å². The van der Waals surface area contributed by atoms with Crippen molar-refractivity contribution in [3.8, 4) is 0 Å². The molecule has 2 rings (SSSR count). The topological polar surface area (TPSA) is 24.7 Å². The van der Waals surface area contributed by atoms with Crippen molar-refractivity contribution in [1.82, 2.24) is 0 Å². The van der Waals surface area contributed by atoms with Crippen LogP contribution in [0.3, 0.4) is 0 Å². The molecule has 0 aliphatic carbocycles. The van der Waals surface area contributed by atoms with Gasteiger partial charge in [0.1, 0.15) is 0 Å².